The van der Waals surface area contributed by atoms with Gasteiger partial charge in [0.25, 0.3) is 0 Å². The van der Waals surface area contributed by atoms with E-state index < -0.39 is 5.60 Å². The fourth-order valence-corrected chi connectivity index (χ4v) is 6.17. The van der Waals surface area contributed by atoms with Gasteiger partial charge in [-0.2, -0.15) is 0 Å². The number of para-hydroxylation sites is 2. The van der Waals surface area contributed by atoms with E-state index in [1.807, 2.05) is 43.9 Å². The summed E-state index contributed by atoms with van der Waals surface area (Å²) in [7, 11) is 0. The van der Waals surface area contributed by atoms with Crippen LogP contribution in [-0.2, 0) is 27.3 Å². The highest BCUT2D eigenvalue weighted by molar-refractivity contribution is 6.34. The van der Waals surface area contributed by atoms with Crippen LogP contribution in [-0.4, -0.2) is 54.1 Å². The van der Waals surface area contributed by atoms with E-state index in [2.05, 4.69) is 28.0 Å². The number of esters is 1. The molecule has 6 nitrogen and oxygen atoms in total. The average Bonchev–Trinajstić information content (AvgIpc) is 3.61. The molecule has 0 radical (unpaired) electrons. The molecular weight excluding hydrogens is 521 g/mol. The van der Waals surface area contributed by atoms with Crippen molar-refractivity contribution in [3.8, 4) is 0 Å². The Morgan fingerprint density at radius 1 is 0.947 bits per heavy atom. The van der Waals surface area contributed by atoms with Crippen LogP contribution in [0.3, 0.4) is 0 Å². The highest BCUT2D eigenvalue weighted by Gasteiger charge is 2.39. The number of nitrogens with zero attached hydrogens (tertiary/aromatic N) is 3. The van der Waals surface area contributed by atoms with E-state index in [0.29, 0.717) is 29.1 Å². The number of anilines is 2. The molecule has 0 bridgehead atoms. The molecule has 5 rings (SSSR count). The number of ether oxygens (including phenoxy) is 1. The first-order valence-electron chi connectivity index (χ1n) is 13.7. The maximum absolute atomic E-state index is 13.9. The van der Waals surface area contributed by atoms with E-state index in [-0.39, 0.29) is 24.3 Å². The van der Waals surface area contributed by atoms with Crippen LogP contribution in [0, 0.1) is 0 Å². The largest absolute Gasteiger partial charge is 0.460 e. The second-order valence-electron chi connectivity index (χ2n) is 11.7. The molecular formula is C30H37Cl2N3O3. The molecule has 2 aromatic rings. The van der Waals surface area contributed by atoms with Crippen LogP contribution in [0.5, 0.6) is 0 Å². The summed E-state index contributed by atoms with van der Waals surface area (Å²) in [6.45, 7) is 8.56. The molecule has 0 spiro atoms. The van der Waals surface area contributed by atoms with Crippen molar-refractivity contribution in [1.82, 2.24) is 4.90 Å². The lowest BCUT2D eigenvalue weighted by Gasteiger charge is -2.40. The van der Waals surface area contributed by atoms with Gasteiger partial charge in [-0.3, -0.25) is 14.5 Å². The number of carbonyl (C=O) groups is 2. The Kier molecular flexibility index (Phi) is 7.95. The highest BCUT2D eigenvalue weighted by atomic mass is 35.5. The molecule has 1 atom stereocenters. The van der Waals surface area contributed by atoms with Crippen LogP contribution in [0.2, 0.25) is 10.0 Å². The maximum atomic E-state index is 13.9. The highest BCUT2D eigenvalue weighted by Crippen LogP contribution is 2.40. The number of benzene rings is 2. The normalized spacial score (nSPS) is 20.0. The SMILES string of the molecule is CC(C)(C)OC(=O)CCc1cc(Cl)c(CN2CCC[C@H]2C(=O)N2CCN(C3CC3)c3ccccc32)cc1Cl. The molecule has 2 fully saturated rings. The minimum Gasteiger partial charge on any atom is -0.460 e. The average molecular weight is 559 g/mol. The van der Waals surface area contributed by atoms with Crippen molar-refractivity contribution in [2.24, 2.45) is 0 Å². The minimum atomic E-state index is -0.515. The number of hydrogen-bond donors (Lipinski definition) is 0. The minimum absolute atomic E-state index is 0.168. The van der Waals surface area contributed by atoms with Gasteiger partial charge in [-0.1, -0.05) is 35.3 Å². The van der Waals surface area contributed by atoms with Crippen LogP contribution in [0.15, 0.2) is 36.4 Å². The number of fused-ring (bicyclic) bond motifs is 1. The first-order chi connectivity index (χ1) is 18.1. The van der Waals surface area contributed by atoms with Crippen LogP contribution in [0.25, 0.3) is 0 Å². The lowest BCUT2D eigenvalue weighted by Crippen LogP contribution is -2.51. The van der Waals surface area contributed by atoms with Gasteiger partial charge < -0.3 is 14.5 Å². The fourth-order valence-electron chi connectivity index (χ4n) is 5.64. The molecule has 3 aliphatic rings. The van der Waals surface area contributed by atoms with E-state index in [1.165, 1.54) is 18.5 Å². The molecule has 2 aliphatic heterocycles. The lowest BCUT2D eigenvalue weighted by atomic mass is 10.1. The van der Waals surface area contributed by atoms with Crippen molar-refractivity contribution in [3.05, 3.63) is 57.6 Å². The number of likely N-dealkylation sites (tertiary alicyclic amines) is 1. The molecule has 0 unspecified atom stereocenters. The zero-order chi connectivity index (χ0) is 27.0. The molecule has 2 heterocycles. The molecule has 1 saturated carbocycles. The summed E-state index contributed by atoms with van der Waals surface area (Å²) in [4.78, 5) is 32.7. The summed E-state index contributed by atoms with van der Waals surface area (Å²) in [6.07, 6.45) is 4.99. The zero-order valence-corrected chi connectivity index (χ0v) is 24.0. The van der Waals surface area contributed by atoms with Crippen LogP contribution >= 0.6 is 23.2 Å². The van der Waals surface area contributed by atoms with Crippen molar-refractivity contribution < 1.29 is 14.3 Å². The molecule has 1 aliphatic carbocycles. The predicted octanol–water partition coefficient (Wildman–Crippen LogP) is 6.25. The van der Waals surface area contributed by atoms with Gasteiger partial charge in [0.05, 0.1) is 17.4 Å². The van der Waals surface area contributed by atoms with Gasteiger partial charge in [-0.05, 0) is 94.8 Å². The van der Waals surface area contributed by atoms with E-state index in [0.717, 1.165) is 49.3 Å². The summed E-state index contributed by atoms with van der Waals surface area (Å²) in [5.41, 5.74) is 3.41. The number of aryl methyl sites for hydroxylation is 1. The number of hydrogen-bond acceptors (Lipinski definition) is 5. The maximum Gasteiger partial charge on any atom is 0.306 e. The number of amides is 1. The van der Waals surface area contributed by atoms with Gasteiger partial charge in [-0.15, -0.1) is 0 Å². The summed E-state index contributed by atoms with van der Waals surface area (Å²) in [5, 5.41) is 1.19. The van der Waals surface area contributed by atoms with Crippen molar-refractivity contribution in [3.63, 3.8) is 0 Å². The summed E-state index contributed by atoms with van der Waals surface area (Å²) in [6, 6.07) is 12.5. The third-order valence-electron chi connectivity index (χ3n) is 7.56. The van der Waals surface area contributed by atoms with Crippen molar-refractivity contribution in [2.75, 3.05) is 29.4 Å². The smallest absolute Gasteiger partial charge is 0.306 e. The van der Waals surface area contributed by atoms with E-state index in [1.54, 1.807) is 0 Å². The molecule has 38 heavy (non-hydrogen) atoms. The first-order valence-corrected chi connectivity index (χ1v) is 14.5. The summed E-state index contributed by atoms with van der Waals surface area (Å²) >= 11 is 13.3. The summed E-state index contributed by atoms with van der Waals surface area (Å²) in [5.74, 6) is -0.0895. The van der Waals surface area contributed by atoms with Crippen LogP contribution in [0.4, 0.5) is 11.4 Å². The van der Waals surface area contributed by atoms with Crippen LogP contribution < -0.4 is 9.80 Å². The molecule has 204 valence electrons. The van der Waals surface area contributed by atoms with Gasteiger partial charge in [0.2, 0.25) is 5.91 Å². The van der Waals surface area contributed by atoms with Gasteiger partial charge in [0, 0.05) is 42.1 Å². The lowest BCUT2D eigenvalue weighted by molar-refractivity contribution is -0.154. The number of halogens is 2. The van der Waals surface area contributed by atoms with Gasteiger partial charge >= 0.3 is 5.97 Å². The van der Waals surface area contributed by atoms with Gasteiger partial charge in [-0.25, -0.2) is 0 Å². The monoisotopic (exact) mass is 557 g/mol. The van der Waals surface area contributed by atoms with Crippen molar-refractivity contribution >= 4 is 46.5 Å². The second-order valence-corrected chi connectivity index (χ2v) is 12.5. The molecule has 0 N–H and O–H groups in total. The predicted molar refractivity (Wildman–Crippen MR) is 153 cm³/mol. The standard InChI is InChI=1S/C30H37Cl2N3O3/c1-30(2,3)38-28(36)13-10-20-17-24(32)21(18-23(20)31)19-33-14-6-9-27(33)29(37)35-16-15-34(22-11-12-22)25-7-4-5-8-26(25)35/h4-5,7-8,17-18,22,27H,6,9-16,19H2,1-3H3/t27-/m0/s1. The third kappa shape index (κ3) is 6.13. The van der Waals surface area contributed by atoms with Crippen molar-refractivity contribution in [2.45, 2.75) is 83.5 Å². The Morgan fingerprint density at radius 2 is 1.63 bits per heavy atom. The Morgan fingerprint density at radius 3 is 2.34 bits per heavy atom. The zero-order valence-electron chi connectivity index (χ0n) is 22.5. The Bertz CT molecular complexity index is 1210. The molecule has 1 saturated heterocycles. The van der Waals surface area contributed by atoms with Gasteiger partial charge in [0.1, 0.15) is 5.60 Å². The molecule has 8 heteroatoms. The number of rotatable bonds is 7. The van der Waals surface area contributed by atoms with E-state index in [4.69, 9.17) is 27.9 Å². The first kappa shape index (κ1) is 27.3. The van der Waals surface area contributed by atoms with Crippen molar-refractivity contribution in [1.29, 1.82) is 0 Å². The summed E-state index contributed by atoms with van der Waals surface area (Å²) < 4.78 is 5.41. The quantitative estimate of drug-likeness (QED) is 0.376. The third-order valence-corrected chi connectivity index (χ3v) is 8.26. The molecule has 2 aromatic carbocycles. The Hall–Kier alpha value is -2.28. The Balaban J connectivity index is 1.27. The number of carbonyl (C=O) groups excluding carboxylic acids is 2. The fraction of sp³-hybridized carbons (Fsp3) is 0.533. The molecule has 1 amide bonds. The van der Waals surface area contributed by atoms with E-state index in [9.17, 15) is 9.59 Å². The Labute approximate surface area is 235 Å². The van der Waals surface area contributed by atoms with Crippen LogP contribution in [0.1, 0.15) is 64.0 Å². The van der Waals surface area contributed by atoms with Gasteiger partial charge in [0.15, 0.2) is 0 Å². The topological polar surface area (TPSA) is 53.1 Å². The van der Waals surface area contributed by atoms with E-state index >= 15 is 0 Å². The second kappa shape index (κ2) is 11.1. The molecule has 0 aromatic heterocycles.